The Balaban J connectivity index is 0.000000409. The highest BCUT2D eigenvalue weighted by molar-refractivity contribution is 7.91. The van der Waals surface area contributed by atoms with Gasteiger partial charge in [-0.05, 0) is 123 Å². The number of hydrogen-bond donors (Lipinski definition) is 0. The quantitative estimate of drug-likeness (QED) is 0.164. The van der Waals surface area contributed by atoms with E-state index in [1.165, 1.54) is 17.4 Å². The average molecular weight is 929 g/mol. The lowest BCUT2D eigenvalue weighted by Crippen LogP contribution is -2.13. The van der Waals surface area contributed by atoms with Crippen molar-refractivity contribution in [2.45, 2.75) is 168 Å². The number of aryl methyl sites for hydroxylation is 1. The molecule has 5 nitrogen and oxygen atoms in total. The lowest BCUT2D eigenvalue weighted by atomic mass is 9.86. The van der Waals surface area contributed by atoms with Crippen molar-refractivity contribution in [2.75, 3.05) is 12.0 Å². The fourth-order valence-corrected chi connectivity index (χ4v) is 8.08. The first-order valence-electron chi connectivity index (χ1n) is 22.5. The molecule has 0 spiro atoms. The first-order valence-corrected chi connectivity index (χ1v) is 26.0. The second kappa shape index (κ2) is 23.9. The van der Waals surface area contributed by atoms with Gasteiger partial charge in [0.05, 0.1) is 15.5 Å². The van der Waals surface area contributed by atoms with E-state index in [0.29, 0.717) is 21.6 Å². The first-order chi connectivity index (χ1) is 29.4. The monoisotopic (exact) mass is 929 g/mol. The number of carbonyl (C=O) groups excluding carboxylic acids is 1. The van der Waals surface area contributed by atoms with E-state index < -0.39 is 19.7 Å². The van der Waals surface area contributed by atoms with Gasteiger partial charge in [0.25, 0.3) is 0 Å². The summed E-state index contributed by atoms with van der Waals surface area (Å²) in [5.74, 6) is 0.215. The summed E-state index contributed by atoms with van der Waals surface area (Å²) >= 11 is 0. The maximum Gasteiger partial charge on any atom is 0.178 e. The van der Waals surface area contributed by atoms with E-state index in [2.05, 4.69) is 140 Å². The van der Waals surface area contributed by atoms with Crippen LogP contribution in [0.25, 0.3) is 0 Å². The van der Waals surface area contributed by atoms with Crippen LogP contribution >= 0.6 is 0 Å². The first kappa shape index (κ1) is 58.6. The maximum atomic E-state index is 13.0. The van der Waals surface area contributed by atoms with Gasteiger partial charge in [0.2, 0.25) is 0 Å². The van der Waals surface area contributed by atoms with Crippen LogP contribution in [0.4, 0.5) is 4.39 Å². The van der Waals surface area contributed by atoms with Gasteiger partial charge in [0.15, 0.2) is 25.5 Å². The third-order valence-electron chi connectivity index (χ3n) is 10.3. The highest BCUT2D eigenvalue weighted by Crippen LogP contribution is 2.27. The molecule has 65 heavy (non-hydrogen) atoms. The van der Waals surface area contributed by atoms with Crippen molar-refractivity contribution in [2.24, 2.45) is 0 Å². The molecule has 5 aromatic rings. The largest absolute Gasteiger partial charge is 0.295 e. The van der Waals surface area contributed by atoms with E-state index in [1.807, 2.05) is 56.3 Å². The SMILES string of the molecule is CC(=O)c1cccc(C(C)(C)C)c1.CC(C)(C)c1cccc(S(C)(=O)=O)c1.CC(C)(C)c1ccccc1.CCCS(=O)(=O)c1cccc(C(C)(C)C)c1.Cc1cc(F)cc(C(C)(C)C)c1. The molecule has 0 unspecified atom stereocenters. The van der Waals surface area contributed by atoms with Crippen LogP contribution < -0.4 is 0 Å². The van der Waals surface area contributed by atoms with Crippen LogP contribution in [0.1, 0.15) is 168 Å². The van der Waals surface area contributed by atoms with Crippen LogP contribution in [-0.2, 0) is 46.7 Å². The van der Waals surface area contributed by atoms with E-state index in [0.717, 1.165) is 27.8 Å². The fraction of sp³-hybridized carbons (Fsp3) is 0.456. The lowest BCUT2D eigenvalue weighted by molar-refractivity contribution is 0.101. The molecule has 8 heteroatoms. The summed E-state index contributed by atoms with van der Waals surface area (Å²) in [4.78, 5) is 12.0. The summed E-state index contributed by atoms with van der Waals surface area (Å²) in [6.07, 6.45) is 1.89. The van der Waals surface area contributed by atoms with E-state index in [1.54, 1.807) is 49.4 Å². The molecule has 0 saturated heterocycles. The zero-order chi connectivity index (χ0) is 50.4. The minimum Gasteiger partial charge on any atom is -0.295 e. The molecule has 5 rings (SSSR count). The Hall–Kier alpha value is -4.40. The number of carbonyl (C=O) groups is 1. The highest BCUT2D eigenvalue weighted by Gasteiger charge is 2.20. The molecule has 0 amide bonds. The van der Waals surface area contributed by atoms with Crippen LogP contribution in [0, 0.1) is 12.7 Å². The zero-order valence-corrected chi connectivity index (χ0v) is 44.8. The van der Waals surface area contributed by atoms with Gasteiger partial charge in [-0.2, -0.15) is 0 Å². The van der Waals surface area contributed by atoms with Crippen molar-refractivity contribution in [3.05, 3.63) is 166 Å². The minimum atomic E-state index is -3.09. The smallest absolute Gasteiger partial charge is 0.178 e. The van der Waals surface area contributed by atoms with Gasteiger partial charge >= 0.3 is 0 Å². The molecule has 0 heterocycles. The average Bonchev–Trinajstić information content (AvgIpc) is 3.17. The van der Waals surface area contributed by atoms with Crippen LogP contribution in [0.3, 0.4) is 0 Å². The molecule has 0 radical (unpaired) electrons. The van der Waals surface area contributed by atoms with Crippen molar-refractivity contribution in [1.82, 2.24) is 0 Å². The standard InChI is InChI=1S/C13H20O2S.C12H16O.C11H15F.C11H16O2S.C10H14/c1-5-9-16(14,15)12-8-6-7-11(10-12)13(2,3)4;1-9(13)10-6-5-7-11(8-10)12(2,3)4;1-8-5-9(11(2,3)4)7-10(12)6-8;1-11(2,3)9-6-5-7-10(8-9)14(4,12)13;1-10(2,3)9-7-5-4-6-8-9/h6-8,10H,5,9H2,1-4H3;5-8H,1-4H3;5-7H,1-4H3;5-8H,1-4H3;4-8H,1-3H3. The van der Waals surface area contributed by atoms with E-state index in [-0.39, 0.29) is 39.0 Å². The number of ketones is 1. The normalized spacial score (nSPS) is 12.1. The molecule has 5 aromatic carbocycles. The number of rotatable bonds is 5. The number of hydrogen-bond acceptors (Lipinski definition) is 5. The van der Waals surface area contributed by atoms with Crippen molar-refractivity contribution in [3.8, 4) is 0 Å². The van der Waals surface area contributed by atoms with E-state index in [4.69, 9.17) is 0 Å². The van der Waals surface area contributed by atoms with Crippen molar-refractivity contribution < 1.29 is 26.0 Å². The Morgan fingerprint density at radius 1 is 0.477 bits per heavy atom. The van der Waals surface area contributed by atoms with Gasteiger partial charge in [-0.25, -0.2) is 21.2 Å². The molecule has 0 saturated carbocycles. The summed E-state index contributed by atoms with van der Waals surface area (Å²) < 4.78 is 59.4. The van der Waals surface area contributed by atoms with E-state index >= 15 is 0 Å². The molecule has 0 N–H and O–H groups in total. The number of benzene rings is 5. The summed E-state index contributed by atoms with van der Waals surface area (Å²) in [6, 6.07) is 38.0. The Kier molecular flexibility index (Phi) is 21.5. The summed E-state index contributed by atoms with van der Waals surface area (Å²) in [6.45, 7) is 37.2. The minimum absolute atomic E-state index is 0.0132. The second-order valence-electron chi connectivity index (χ2n) is 21.9. The molecule has 0 aliphatic rings. The third kappa shape index (κ3) is 21.6. The molecular weight excluding hydrogens is 848 g/mol. The molecule has 358 valence electrons. The Morgan fingerprint density at radius 2 is 0.862 bits per heavy atom. The second-order valence-corrected chi connectivity index (χ2v) is 26.0. The van der Waals surface area contributed by atoms with Gasteiger partial charge in [-0.3, -0.25) is 4.79 Å². The van der Waals surface area contributed by atoms with Crippen LogP contribution in [-0.4, -0.2) is 34.6 Å². The lowest BCUT2D eigenvalue weighted by Gasteiger charge is -2.19. The Morgan fingerprint density at radius 3 is 1.23 bits per heavy atom. The van der Waals surface area contributed by atoms with Gasteiger partial charge < -0.3 is 0 Å². The van der Waals surface area contributed by atoms with Gasteiger partial charge in [0.1, 0.15) is 5.82 Å². The van der Waals surface area contributed by atoms with Crippen LogP contribution in [0.2, 0.25) is 0 Å². The highest BCUT2D eigenvalue weighted by atomic mass is 32.2. The Labute approximate surface area is 395 Å². The van der Waals surface area contributed by atoms with Gasteiger partial charge in [0, 0.05) is 11.8 Å². The van der Waals surface area contributed by atoms with Crippen LogP contribution in [0.5, 0.6) is 0 Å². The molecule has 0 bridgehead atoms. The predicted molar refractivity (Wildman–Crippen MR) is 276 cm³/mol. The maximum absolute atomic E-state index is 13.0. The van der Waals surface area contributed by atoms with Crippen molar-refractivity contribution >= 4 is 25.5 Å². The summed E-state index contributed by atoms with van der Waals surface area (Å²) in [7, 11) is -6.18. The van der Waals surface area contributed by atoms with Crippen molar-refractivity contribution in [1.29, 1.82) is 0 Å². The van der Waals surface area contributed by atoms with E-state index in [9.17, 15) is 26.0 Å². The molecule has 0 aliphatic carbocycles. The molecule has 0 aliphatic heterocycles. The summed E-state index contributed by atoms with van der Waals surface area (Å²) in [5, 5.41) is 0. The van der Waals surface area contributed by atoms with Gasteiger partial charge in [-0.15, -0.1) is 0 Å². The molecule has 0 fully saturated rings. The zero-order valence-electron chi connectivity index (χ0n) is 43.2. The van der Waals surface area contributed by atoms with Crippen molar-refractivity contribution in [3.63, 3.8) is 0 Å². The Bertz CT molecular complexity index is 2470. The molecule has 0 atom stereocenters. The number of sulfone groups is 2. The molecular formula is C57H81FO5S2. The summed E-state index contributed by atoms with van der Waals surface area (Å²) in [5.41, 5.74) is 7.96. The van der Waals surface area contributed by atoms with Crippen LogP contribution in [0.15, 0.2) is 131 Å². The number of Topliss-reactive ketones (excluding diaryl/α,β-unsaturated/α-hetero) is 1. The molecule has 0 aromatic heterocycles. The van der Waals surface area contributed by atoms with Gasteiger partial charge in [-0.1, -0.05) is 190 Å². The number of halogens is 1. The fourth-order valence-electron chi connectivity index (χ4n) is 6.05. The third-order valence-corrected chi connectivity index (χ3v) is 13.4. The topological polar surface area (TPSA) is 85.3 Å². The predicted octanol–water partition coefficient (Wildman–Crippen LogP) is 15.2.